The lowest BCUT2D eigenvalue weighted by molar-refractivity contribution is 0.768. The van der Waals surface area contributed by atoms with Crippen molar-refractivity contribution >= 4 is 11.8 Å². The highest BCUT2D eigenvalue weighted by Gasteiger charge is 2.06. The minimum Gasteiger partial charge on any atom is -0.330 e. The maximum atomic E-state index is 5.47. The molecule has 2 atom stereocenters. The molecule has 0 radical (unpaired) electrons. The topological polar surface area (TPSA) is 26.0 Å². The lowest BCUT2D eigenvalue weighted by Crippen LogP contribution is -2.10. The molecule has 0 saturated heterocycles. The van der Waals surface area contributed by atoms with E-state index >= 15 is 0 Å². The van der Waals surface area contributed by atoms with Crippen LogP contribution in [0, 0.1) is 0 Å². The molecular formula is C9H21NS. The molecule has 2 N–H and O–H groups in total. The Hall–Kier alpha value is 0.310. The van der Waals surface area contributed by atoms with E-state index in [2.05, 4.69) is 32.5 Å². The zero-order valence-electron chi connectivity index (χ0n) is 7.97. The Morgan fingerprint density at radius 3 is 2.18 bits per heavy atom. The Morgan fingerprint density at radius 2 is 1.73 bits per heavy atom. The summed E-state index contributed by atoms with van der Waals surface area (Å²) in [4.78, 5) is 0. The predicted molar refractivity (Wildman–Crippen MR) is 55.1 cm³/mol. The summed E-state index contributed by atoms with van der Waals surface area (Å²) in [5, 5.41) is 1.54. The van der Waals surface area contributed by atoms with Gasteiger partial charge in [-0.05, 0) is 19.4 Å². The average molecular weight is 175 g/mol. The van der Waals surface area contributed by atoms with Crippen molar-refractivity contribution in [3.05, 3.63) is 0 Å². The fourth-order valence-corrected chi connectivity index (χ4v) is 2.61. The monoisotopic (exact) mass is 175 g/mol. The van der Waals surface area contributed by atoms with Gasteiger partial charge in [0.25, 0.3) is 0 Å². The minimum absolute atomic E-state index is 0.738. The molecule has 1 nitrogen and oxygen atoms in total. The molecule has 0 amide bonds. The van der Waals surface area contributed by atoms with E-state index in [-0.39, 0.29) is 0 Å². The molecule has 0 rings (SSSR count). The van der Waals surface area contributed by atoms with Gasteiger partial charge in [-0.3, -0.25) is 0 Å². The van der Waals surface area contributed by atoms with E-state index < -0.39 is 0 Å². The first-order valence-electron chi connectivity index (χ1n) is 4.56. The predicted octanol–water partition coefficient (Wildman–Crippen LogP) is 2.65. The van der Waals surface area contributed by atoms with Crippen molar-refractivity contribution in [3.8, 4) is 0 Å². The number of rotatable bonds is 6. The van der Waals surface area contributed by atoms with Gasteiger partial charge in [-0.25, -0.2) is 0 Å². The molecule has 0 aromatic carbocycles. The first-order chi connectivity index (χ1) is 5.20. The highest BCUT2D eigenvalue weighted by Crippen LogP contribution is 2.22. The average Bonchev–Trinajstić information content (AvgIpc) is 1.87. The molecule has 0 aromatic heterocycles. The number of hydrogen-bond acceptors (Lipinski definition) is 2. The van der Waals surface area contributed by atoms with Crippen LogP contribution in [-0.2, 0) is 0 Å². The molecule has 2 unspecified atom stereocenters. The molecule has 68 valence electrons. The molecule has 0 saturated carbocycles. The largest absolute Gasteiger partial charge is 0.330 e. The van der Waals surface area contributed by atoms with Crippen molar-refractivity contribution in [2.75, 3.05) is 6.54 Å². The van der Waals surface area contributed by atoms with Crippen molar-refractivity contribution in [2.45, 2.75) is 50.5 Å². The Morgan fingerprint density at radius 1 is 1.18 bits per heavy atom. The zero-order valence-corrected chi connectivity index (χ0v) is 8.79. The highest BCUT2D eigenvalue weighted by molar-refractivity contribution is 8.00. The van der Waals surface area contributed by atoms with E-state index in [9.17, 15) is 0 Å². The number of hydrogen-bond donors (Lipinski definition) is 1. The van der Waals surface area contributed by atoms with Crippen molar-refractivity contribution in [3.63, 3.8) is 0 Å². The van der Waals surface area contributed by atoms with Gasteiger partial charge < -0.3 is 5.73 Å². The van der Waals surface area contributed by atoms with Crippen LogP contribution in [0.4, 0.5) is 0 Å². The molecule has 0 aliphatic carbocycles. The van der Waals surface area contributed by atoms with Crippen LogP contribution in [0.2, 0.25) is 0 Å². The third-order valence-electron chi connectivity index (χ3n) is 1.73. The van der Waals surface area contributed by atoms with Gasteiger partial charge in [0.15, 0.2) is 0 Å². The SMILES string of the molecule is CCCC(C)SC(C)CCN. The van der Waals surface area contributed by atoms with Crippen LogP contribution in [0.3, 0.4) is 0 Å². The molecule has 11 heavy (non-hydrogen) atoms. The van der Waals surface area contributed by atoms with Gasteiger partial charge in [-0.2, -0.15) is 11.8 Å². The lowest BCUT2D eigenvalue weighted by atomic mass is 10.3. The number of thioether (sulfide) groups is 1. The van der Waals surface area contributed by atoms with E-state index in [1.807, 2.05) is 0 Å². The second-order valence-electron chi connectivity index (χ2n) is 3.12. The molecule has 0 spiro atoms. The highest BCUT2D eigenvalue weighted by atomic mass is 32.2. The summed E-state index contributed by atoms with van der Waals surface area (Å²) in [6, 6.07) is 0. The first kappa shape index (κ1) is 11.3. The summed E-state index contributed by atoms with van der Waals surface area (Å²) in [5.41, 5.74) is 5.47. The van der Waals surface area contributed by atoms with Gasteiger partial charge in [0.05, 0.1) is 0 Å². The molecule has 2 heteroatoms. The fraction of sp³-hybridized carbons (Fsp3) is 1.00. The normalized spacial score (nSPS) is 16.4. The van der Waals surface area contributed by atoms with Crippen molar-refractivity contribution in [1.29, 1.82) is 0 Å². The van der Waals surface area contributed by atoms with E-state index in [0.717, 1.165) is 23.5 Å². The molecule has 0 heterocycles. The molecule has 0 fully saturated rings. The second-order valence-corrected chi connectivity index (χ2v) is 5.00. The second kappa shape index (κ2) is 6.99. The standard InChI is InChI=1S/C9H21NS/c1-4-5-8(2)11-9(3)6-7-10/h8-9H,4-7,10H2,1-3H3. The summed E-state index contributed by atoms with van der Waals surface area (Å²) < 4.78 is 0. The van der Waals surface area contributed by atoms with Crippen molar-refractivity contribution < 1.29 is 0 Å². The van der Waals surface area contributed by atoms with Gasteiger partial charge >= 0.3 is 0 Å². The van der Waals surface area contributed by atoms with Gasteiger partial charge in [0.2, 0.25) is 0 Å². The van der Waals surface area contributed by atoms with Crippen molar-refractivity contribution in [1.82, 2.24) is 0 Å². The molecule has 0 aromatic rings. The van der Waals surface area contributed by atoms with Crippen molar-refractivity contribution in [2.24, 2.45) is 5.73 Å². The van der Waals surface area contributed by atoms with Gasteiger partial charge in [-0.1, -0.05) is 27.2 Å². The smallest absolute Gasteiger partial charge is 0.00333 e. The Kier molecular flexibility index (Phi) is 7.18. The first-order valence-corrected chi connectivity index (χ1v) is 5.50. The van der Waals surface area contributed by atoms with Gasteiger partial charge in [0, 0.05) is 10.5 Å². The van der Waals surface area contributed by atoms with E-state index in [1.54, 1.807) is 0 Å². The third kappa shape index (κ3) is 6.70. The summed E-state index contributed by atoms with van der Waals surface area (Å²) >= 11 is 2.07. The van der Waals surface area contributed by atoms with E-state index in [0.29, 0.717) is 0 Å². The van der Waals surface area contributed by atoms with Gasteiger partial charge in [-0.15, -0.1) is 0 Å². The Bertz CT molecular complexity index is 75.6. The lowest BCUT2D eigenvalue weighted by Gasteiger charge is -2.15. The summed E-state index contributed by atoms with van der Waals surface area (Å²) in [6.45, 7) is 7.64. The van der Waals surface area contributed by atoms with Crippen LogP contribution in [0.25, 0.3) is 0 Å². The number of nitrogens with two attached hydrogens (primary N) is 1. The maximum Gasteiger partial charge on any atom is 0.00333 e. The van der Waals surface area contributed by atoms with Crippen LogP contribution in [0.15, 0.2) is 0 Å². The zero-order chi connectivity index (χ0) is 8.69. The summed E-state index contributed by atoms with van der Waals surface area (Å²) in [5.74, 6) is 0. The summed E-state index contributed by atoms with van der Waals surface area (Å²) in [7, 11) is 0. The quantitative estimate of drug-likeness (QED) is 0.671. The van der Waals surface area contributed by atoms with Crippen LogP contribution < -0.4 is 5.73 Å². The molecule has 0 bridgehead atoms. The van der Waals surface area contributed by atoms with E-state index in [1.165, 1.54) is 12.8 Å². The Labute approximate surface area is 75.1 Å². The van der Waals surface area contributed by atoms with Gasteiger partial charge in [0.1, 0.15) is 0 Å². The Balaban J connectivity index is 3.32. The molecule has 0 aliphatic rings. The van der Waals surface area contributed by atoms with Crippen LogP contribution in [-0.4, -0.2) is 17.0 Å². The molecular weight excluding hydrogens is 154 g/mol. The maximum absolute atomic E-state index is 5.47. The fourth-order valence-electron chi connectivity index (χ4n) is 1.17. The van der Waals surface area contributed by atoms with Crippen LogP contribution in [0.5, 0.6) is 0 Å². The van der Waals surface area contributed by atoms with E-state index in [4.69, 9.17) is 5.73 Å². The van der Waals surface area contributed by atoms with Crippen LogP contribution >= 0.6 is 11.8 Å². The van der Waals surface area contributed by atoms with Crippen LogP contribution in [0.1, 0.15) is 40.0 Å². The molecule has 0 aliphatic heterocycles. The minimum atomic E-state index is 0.738. The summed E-state index contributed by atoms with van der Waals surface area (Å²) in [6.07, 6.45) is 3.78. The third-order valence-corrected chi connectivity index (χ3v) is 3.13.